The lowest BCUT2D eigenvalue weighted by Crippen LogP contribution is -2.07. The van der Waals surface area contributed by atoms with Crippen LogP contribution in [0.3, 0.4) is 0 Å². The van der Waals surface area contributed by atoms with Gasteiger partial charge in [-0.1, -0.05) is 32.0 Å². The highest BCUT2D eigenvalue weighted by atomic mass is 16.5. The number of rotatable bonds is 5. The zero-order valence-corrected chi connectivity index (χ0v) is 11.6. The second-order valence-electron chi connectivity index (χ2n) is 4.69. The van der Waals surface area contributed by atoms with E-state index in [-0.39, 0.29) is 0 Å². The van der Waals surface area contributed by atoms with Gasteiger partial charge in [0.1, 0.15) is 5.75 Å². The van der Waals surface area contributed by atoms with Gasteiger partial charge in [-0.3, -0.25) is 0 Å². The maximum Gasteiger partial charge on any atom is 0.238 e. The molecule has 1 aromatic heterocycles. The van der Waals surface area contributed by atoms with Gasteiger partial charge in [0, 0.05) is 12.6 Å². The fraction of sp³-hybridized carbons (Fsp3) is 0.333. The number of nitrogens with one attached hydrogen (secondary N) is 1. The first-order valence-electron chi connectivity index (χ1n) is 6.44. The lowest BCUT2D eigenvalue weighted by molar-refractivity contribution is 0.445. The highest BCUT2D eigenvalue weighted by Gasteiger charge is 2.08. The van der Waals surface area contributed by atoms with Crippen LogP contribution in [0, 0.1) is 0 Å². The zero-order chi connectivity index (χ0) is 13.7. The Balaban J connectivity index is 2.17. The van der Waals surface area contributed by atoms with E-state index in [1.807, 2.05) is 37.4 Å². The van der Waals surface area contributed by atoms with Crippen LogP contribution in [-0.2, 0) is 6.54 Å². The number of ether oxygens (including phenoxy) is 1. The largest absolute Gasteiger partial charge is 0.437 e. The van der Waals surface area contributed by atoms with Gasteiger partial charge < -0.3 is 10.1 Å². The summed E-state index contributed by atoms with van der Waals surface area (Å²) in [6, 6.07) is 11.8. The lowest BCUT2D eigenvalue weighted by atomic mass is 10.0. The SMILES string of the molecule is CNCc1ccc(Oc2ccccc2C(C)C)nn1. The summed E-state index contributed by atoms with van der Waals surface area (Å²) in [5.74, 6) is 1.77. The minimum absolute atomic E-state index is 0.410. The second-order valence-corrected chi connectivity index (χ2v) is 4.69. The van der Waals surface area contributed by atoms with Crippen molar-refractivity contribution >= 4 is 0 Å². The Kier molecular flexibility index (Phi) is 4.47. The number of aromatic nitrogens is 2. The maximum absolute atomic E-state index is 5.81. The first-order chi connectivity index (χ1) is 9.20. The molecule has 19 heavy (non-hydrogen) atoms. The van der Waals surface area contributed by atoms with E-state index >= 15 is 0 Å². The summed E-state index contributed by atoms with van der Waals surface area (Å²) in [6.45, 7) is 4.99. The summed E-state index contributed by atoms with van der Waals surface area (Å²) < 4.78 is 5.81. The minimum Gasteiger partial charge on any atom is -0.437 e. The molecule has 1 aromatic carbocycles. The van der Waals surface area contributed by atoms with Crippen LogP contribution in [0.2, 0.25) is 0 Å². The molecule has 0 spiro atoms. The average Bonchev–Trinajstić information content (AvgIpc) is 2.42. The van der Waals surface area contributed by atoms with Crippen LogP contribution in [0.5, 0.6) is 11.6 Å². The third kappa shape index (κ3) is 3.51. The van der Waals surface area contributed by atoms with E-state index in [4.69, 9.17) is 4.74 Å². The van der Waals surface area contributed by atoms with E-state index < -0.39 is 0 Å². The monoisotopic (exact) mass is 257 g/mol. The summed E-state index contributed by atoms with van der Waals surface area (Å²) in [7, 11) is 1.88. The summed E-state index contributed by atoms with van der Waals surface area (Å²) in [5, 5.41) is 11.2. The molecule has 0 amide bonds. The topological polar surface area (TPSA) is 47.0 Å². The number of nitrogens with zero attached hydrogens (tertiary/aromatic N) is 2. The van der Waals surface area contributed by atoms with Crippen molar-refractivity contribution in [3.05, 3.63) is 47.7 Å². The summed E-state index contributed by atoms with van der Waals surface area (Å²) in [6.07, 6.45) is 0. The Morgan fingerprint density at radius 1 is 1.11 bits per heavy atom. The predicted octanol–water partition coefficient (Wildman–Crippen LogP) is 3.11. The molecule has 1 N–H and O–H groups in total. The molecule has 2 rings (SSSR count). The van der Waals surface area contributed by atoms with Gasteiger partial charge in [-0.2, -0.15) is 5.10 Å². The van der Waals surface area contributed by atoms with Crippen LogP contribution in [0.4, 0.5) is 0 Å². The molecule has 0 bridgehead atoms. The van der Waals surface area contributed by atoms with E-state index in [2.05, 4.69) is 35.4 Å². The normalized spacial score (nSPS) is 10.7. The van der Waals surface area contributed by atoms with Crippen molar-refractivity contribution in [1.82, 2.24) is 15.5 Å². The first-order valence-corrected chi connectivity index (χ1v) is 6.44. The van der Waals surface area contributed by atoms with Gasteiger partial charge in [-0.15, -0.1) is 5.10 Å². The van der Waals surface area contributed by atoms with Crippen molar-refractivity contribution in [1.29, 1.82) is 0 Å². The summed E-state index contributed by atoms with van der Waals surface area (Å²) >= 11 is 0. The number of benzene rings is 1. The third-order valence-electron chi connectivity index (χ3n) is 2.81. The Morgan fingerprint density at radius 3 is 2.53 bits per heavy atom. The van der Waals surface area contributed by atoms with Crippen LogP contribution in [-0.4, -0.2) is 17.2 Å². The first kappa shape index (κ1) is 13.5. The van der Waals surface area contributed by atoms with Gasteiger partial charge in [0.15, 0.2) is 0 Å². The van der Waals surface area contributed by atoms with Crippen LogP contribution >= 0.6 is 0 Å². The zero-order valence-electron chi connectivity index (χ0n) is 11.6. The number of para-hydroxylation sites is 1. The molecular weight excluding hydrogens is 238 g/mol. The molecule has 2 aromatic rings. The molecule has 100 valence electrons. The maximum atomic E-state index is 5.81. The molecule has 0 atom stereocenters. The Hall–Kier alpha value is -1.94. The minimum atomic E-state index is 0.410. The molecule has 0 aliphatic heterocycles. The molecule has 1 heterocycles. The quantitative estimate of drug-likeness (QED) is 0.894. The second kappa shape index (κ2) is 6.29. The number of hydrogen-bond acceptors (Lipinski definition) is 4. The van der Waals surface area contributed by atoms with Gasteiger partial charge >= 0.3 is 0 Å². The van der Waals surface area contributed by atoms with Crippen molar-refractivity contribution in [3.8, 4) is 11.6 Å². The fourth-order valence-corrected chi connectivity index (χ4v) is 1.84. The highest BCUT2D eigenvalue weighted by Crippen LogP contribution is 2.29. The molecular formula is C15H19N3O. The van der Waals surface area contributed by atoms with Gasteiger partial charge in [0.05, 0.1) is 5.69 Å². The van der Waals surface area contributed by atoms with E-state index in [9.17, 15) is 0 Å². The molecule has 0 saturated carbocycles. The van der Waals surface area contributed by atoms with Crippen molar-refractivity contribution in [2.45, 2.75) is 26.3 Å². The van der Waals surface area contributed by atoms with E-state index in [0.29, 0.717) is 18.3 Å². The van der Waals surface area contributed by atoms with Gasteiger partial charge in [0.2, 0.25) is 5.88 Å². The Labute approximate surface area is 113 Å². The van der Waals surface area contributed by atoms with Crippen LogP contribution in [0.1, 0.15) is 31.0 Å². The standard InChI is InChI=1S/C15H19N3O/c1-11(2)13-6-4-5-7-14(13)19-15-9-8-12(10-16-3)17-18-15/h4-9,11,16H,10H2,1-3H3. The molecule has 0 aliphatic rings. The fourth-order valence-electron chi connectivity index (χ4n) is 1.84. The lowest BCUT2D eigenvalue weighted by Gasteiger charge is -2.12. The van der Waals surface area contributed by atoms with Gasteiger partial charge in [-0.05, 0) is 30.7 Å². The molecule has 0 fully saturated rings. The van der Waals surface area contributed by atoms with Crippen molar-refractivity contribution in [2.75, 3.05) is 7.05 Å². The molecule has 0 saturated heterocycles. The van der Waals surface area contributed by atoms with Crippen molar-refractivity contribution in [2.24, 2.45) is 0 Å². The van der Waals surface area contributed by atoms with E-state index in [0.717, 1.165) is 11.4 Å². The smallest absolute Gasteiger partial charge is 0.238 e. The summed E-state index contributed by atoms with van der Waals surface area (Å²) in [4.78, 5) is 0. The number of hydrogen-bond donors (Lipinski definition) is 1. The molecule has 0 radical (unpaired) electrons. The van der Waals surface area contributed by atoms with E-state index in [1.54, 1.807) is 0 Å². The third-order valence-corrected chi connectivity index (χ3v) is 2.81. The predicted molar refractivity (Wildman–Crippen MR) is 75.4 cm³/mol. The molecule has 0 aliphatic carbocycles. The van der Waals surface area contributed by atoms with Crippen molar-refractivity contribution in [3.63, 3.8) is 0 Å². The van der Waals surface area contributed by atoms with Crippen LogP contribution in [0.15, 0.2) is 36.4 Å². The molecule has 4 nitrogen and oxygen atoms in total. The van der Waals surface area contributed by atoms with E-state index in [1.165, 1.54) is 5.56 Å². The Morgan fingerprint density at radius 2 is 1.89 bits per heavy atom. The van der Waals surface area contributed by atoms with Crippen LogP contribution in [0.25, 0.3) is 0 Å². The molecule has 4 heteroatoms. The van der Waals surface area contributed by atoms with Crippen LogP contribution < -0.4 is 10.1 Å². The van der Waals surface area contributed by atoms with Crippen molar-refractivity contribution < 1.29 is 4.74 Å². The van der Waals surface area contributed by atoms with Gasteiger partial charge in [0.25, 0.3) is 0 Å². The van der Waals surface area contributed by atoms with Gasteiger partial charge in [-0.25, -0.2) is 0 Å². The highest BCUT2D eigenvalue weighted by molar-refractivity contribution is 5.37. The molecule has 0 unspecified atom stereocenters. The summed E-state index contributed by atoms with van der Waals surface area (Å²) in [5.41, 5.74) is 2.07. The average molecular weight is 257 g/mol. The Bertz CT molecular complexity index is 523.